The Bertz CT molecular complexity index is 1900. The first-order chi connectivity index (χ1) is 18.8. The second-order valence-corrected chi connectivity index (χ2v) is 9.64. The van der Waals surface area contributed by atoms with Crippen molar-refractivity contribution < 1.29 is 4.74 Å². The second-order valence-electron chi connectivity index (χ2n) is 8.81. The van der Waals surface area contributed by atoms with Gasteiger partial charge in [-0.25, -0.2) is 9.97 Å². The first-order valence-corrected chi connectivity index (χ1v) is 13.1. The summed E-state index contributed by atoms with van der Waals surface area (Å²) in [5, 5.41) is 11.7. The molecule has 2 heterocycles. The number of rotatable bonds is 4. The predicted molar refractivity (Wildman–Crippen MR) is 152 cm³/mol. The SMILES string of the molecule is COc1ccc(-c2cs/c(=N/N=C3c4ccccc4-c4nc5ccccc5nc43)n2-c2ccccc2)cc1. The summed E-state index contributed by atoms with van der Waals surface area (Å²) in [7, 11) is 1.67. The van der Waals surface area contributed by atoms with Gasteiger partial charge in [0.15, 0.2) is 0 Å². The van der Waals surface area contributed by atoms with Gasteiger partial charge in [-0.1, -0.05) is 54.6 Å². The monoisotopic (exact) mass is 511 g/mol. The summed E-state index contributed by atoms with van der Waals surface area (Å²) < 4.78 is 7.48. The number of ether oxygens (including phenoxy) is 1. The van der Waals surface area contributed by atoms with Crippen LogP contribution >= 0.6 is 11.3 Å². The molecule has 6 aromatic rings. The van der Waals surface area contributed by atoms with Crippen LogP contribution in [-0.4, -0.2) is 27.4 Å². The van der Waals surface area contributed by atoms with Crippen LogP contribution in [0.3, 0.4) is 0 Å². The summed E-state index contributed by atoms with van der Waals surface area (Å²) in [5.74, 6) is 0.818. The lowest BCUT2D eigenvalue weighted by molar-refractivity contribution is 0.415. The van der Waals surface area contributed by atoms with E-state index >= 15 is 0 Å². The molecule has 1 aliphatic carbocycles. The van der Waals surface area contributed by atoms with Crippen molar-refractivity contribution in [2.45, 2.75) is 0 Å². The van der Waals surface area contributed by atoms with Crippen molar-refractivity contribution in [3.63, 3.8) is 0 Å². The average Bonchev–Trinajstić information content (AvgIpc) is 3.54. The molecule has 2 aromatic heterocycles. The number of benzene rings is 4. The average molecular weight is 512 g/mol. The molecule has 0 atom stereocenters. The molecule has 1 aliphatic rings. The zero-order chi connectivity index (χ0) is 25.5. The van der Waals surface area contributed by atoms with E-state index in [1.807, 2.05) is 66.7 Å². The molecule has 7 heteroatoms. The minimum Gasteiger partial charge on any atom is -0.497 e. The van der Waals surface area contributed by atoms with E-state index in [9.17, 15) is 0 Å². The smallest absolute Gasteiger partial charge is 0.215 e. The molecule has 7 rings (SSSR count). The molecule has 182 valence electrons. The van der Waals surface area contributed by atoms with Crippen LogP contribution in [0.4, 0.5) is 0 Å². The van der Waals surface area contributed by atoms with Crippen LogP contribution in [0.1, 0.15) is 11.3 Å². The molecule has 4 aromatic carbocycles. The van der Waals surface area contributed by atoms with Crippen molar-refractivity contribution >= 4 is 28.1 Å². The van der Waals surface area contributed by atoms with Crippen LogP contribution in [0.2, 0.25) is 0 Å². The molecule has 0 bridgehead atoms. The van der Waals surface area contributed by atoms with Crippen molar-refractivity contribution in [3.8, 4) is 34.0 Å². The Balaban J connectivity index is 1.43. The standard InChI is InChI=1S/C31H21N5OS/c1-37-22-17-15-20(16-18-22)27-19-38-31(36(27)21-9-3-2-4-10-21)35-34-29-24-12-6-5-11-23(24)28-30(29)33-26-14-8-7-13-25(26)32-28/h2-19H,1H3/b34-29?,35-31+. The van der Waals surface area contributed by atoms with Gasteiger partial charge in [0, 0.05) is 22.2 Å². The molecule has 0 spiro atoms. The largest absolute Gasteiger partial charge is 0.497 e. The predicted octanol–water partition coefficient (Wildman–Crippen LogP) is 6.49. The molecule has 0 saturated heterocycles. The topological polar surface area (TPSA) is 64.7 Å². The van der Waals surface area contributed by atoms with Gasteiger partial charge in [0.05, 0.1) is 29.5 Å². The summed E-state index contributed by atoms with van der Waals surface area (Å²) in [4.78, 5) is 10.6. The van der Waals surface area contributed by atoms with Gasteiger partial charge in [0.25, 0.3) is 0 Å². The molecule has 6 nitrogen and oxygen atoms in total. The lowest BCUT2D eigenvalue weighted by atomic mass is 10.1. The van der Waals surface area contributed by atoms with Crippen LogP contribution in [-0.2, 0) is 0 Å². The fraction of sp³-hybridized carbons (Fsp3) is 0.0323. The summed E-state index contributed by atoms with van der Waals surface area (Å²) >= 11 is 1.55. The van der Waals surface area contributed by atoms with Crippen molar-refractivity contribution in [2.75, 3.05) is 7.11 Å². The normalized spacial score (nSPS) is 13.6. The maximum Gasteiger partial charge on any atom is 0.215 e. The maximum atomic E-state index is 5.35. The number of methoxy groups -OCH3 is 1. The molecule has 0 amide bonds. The van der Waals surface area contributed by atoms with Gasteiger partial charge in [-0.3, -0.25) is 4.57 Å². The molecule has 38 heavy (non-hydrogen) atoms. The molecule has 0 saturated carbocycles. The summed E-state index contributed by atoms with van der Waals surface area (Å²) in [6.45, 7) is 0. The van der Waals surface area contributed by atoms with E-state index in [-0.39, 0.29) is 0 Å². The molecular weight excluding hydrogens is 490 g/mol. The van der Waals surface area contributed by atoms with E-state index in [4.69, 9.17) is 24.9 Å². The molecular formula is C31H21N5OS. The number of hydrogen-bond donors (Lipinski definition) is 0. The fourth-order valence-corrected chi connectivity index (χ4v) is 5.60. The van der Waals surface area contributed by atoms with E-state index in [1.54, 1.807) is 18.4 Å². The number of nitrogens with zero attached hydrogens (tertiary/aromatic N) is 5. The highest BCUT2D eigenvalue weighted by molar-refractivity contribution is 7.07. The number of thiazole rings is 1. The van der Waals surface area contributed by atoms with E-state index in [0.29, 0.717) is 0 Å². The van der Waals surface area contributed by atoms with Crippen LogP contribution < -0.4 is 9.54 Å². The Morgan fingerprint density at radius 2 is 1.34 bits per heavy atom. The van der Waals surface area contributed by atoms with Gasteiger partial charge in [-0.05, 0) is 54.1 Å². The minimum atomic E-state index is 0.730. The van der Waals surface area contributed by atoms with Crippen molar-refractivity contribution in [1.29, 1.82) is 0 Å². The zero-order valence-corrected chi connectivity index (χ0v) is 21.3. The van der Waals surface area contributed by atoms with Crippen molar-refractivity contribution in [3.05, 3.63) is 125 Å². The highest BCUT2D eigenvalue weighted by Gasteiger charge is 2.28. The fourth-order valence-electron chi connectivity index (χ4n) is 4.74. The van der Waals surface area contributed by atoms with Crippen LogP contribution in [0.25, 0.3) is 39.2 Å². The van der Waals surface area contributed by atoms with E-state index in [0.717, 1.165) is 66.8 Å². The third-order valence-electron chi connectivity index (χ3n) is 6.58. The highest BCUT2D eigenvalue weighted by Crippen LogP contribution is 2.35. The van der Waals surface area contributed by atoms with Gasteiger partial charge in [-0.15, -0.1) is 21.5 Å². The van der Waals surface area contributed by atoms with Gasteiger partial charge in [-0.2, -0.15) is 0 Å². The minimum absolute atomic E-state index is 0.730. The molecule has 0 unspecified atom stereocenters. The highest BCUT2D eigenvalue weighted by atomic mass is 32.1. The Morgan fingerprint density at radius 3 is 2.08 bits per heavy atom. The molecule has 0 N–H and O–H groups in total. The Labute approximate surface area is 222 Å². The molecule has 0 radical (unpaired) electrons. The van der Waals surface area contributed by atoms with Crippen LogP contribution in [0, 0.1) is 0 Å². The number of hydrogen-bond acceptors (Lipinski definition) is 6. The first kappa shape index (κ1) is 22.3. The van der Waals surface area contributed by atoms with E-state index in [1.165, 1.54) is 0 Å². The molecule has 0 aliphatic heterocycles. The quantitative estimate of drug-likeness (QED) is 0.254. The van der Waals surface area contributed by atoms with Gasteiger partial charge in [0.1, 0.15) is 17.2 Å². The third kappa shape index (κ3) is 3.72. The van der Waals surface area contributed by atoms with Gasteiger partial charge >= 0.3 is 0 Å². The van der Waals surface area contributed by atoms with Crippen LogP contribution in [0.15, 0.2) is 119 Å². The molecule has 0 fully saturated rings. The zero-order valence-electron chi connectivity index (χ0n) is 20.4. The van der Waals surface area contributed by atoms with Gasteiger partial charge < -0.3 is 4.74 Å². The lowest BCUT2D eigenvalue weighted by Crippen LogP contribution is -2.14. The van der Waals surface area contributed by atoms with E-state index in [2.05, 4.69) is 46.3 Å². The van der Waals surface area contributed by atoms with Crippen LogP contribution in [0.5, 0.6) is 5.75 Å². The van der Waals surface area contributed by atoms with E-state index < -0.39 is 0 Å². The number of aromatic nitrogens is 3. The van der Waals surface area contributed by atoms with Crippen molar-refractivity contribution in [2.24, 2.45) is 10.2 Å². The second kappa shape index (κ2) is 9.21. The Hall–Kier alpha value is -4.88. The Morgan fingerprint density at radius 1 is 0.684 bits per heavy atom. The Kier molecular flexibility index (Phi) is 5.41. The summed E-state index contributed by atoms with van der Waals surface area (Å²) in [5.41, 5.74) is 9.14. The summed E-state index contributed by atoms with van der Waals surface area (Å²) in [6.07, 6.45) is 0. The third-order valence-corrected chi connectivity index (χ3v) is 7.39. The maximum absolute atomic E-state index is 5.35. The number of para-hydroxylation sites is 3. The van der Waals surface area contributed by atoms with Crippen molar-refractivity contribution in [1.82, 2.24) is 14.5 Å². The number of fused-ring (bicyclic) bond motifs is 4. The summed E-state index contributed by atoms with van der Waals surface area (Å²) in [6, 6.07) is 34.3. The lowest BCUT2D eigenvalue weighted by Gasteiger charge is -2.09. The van der Waals surface area contributed by atoms with Gasteiger partial charge in [0.2, 0.25) is 4.80 Å². The first-order valence-electron chi connectivity index (χ1n) is 12.2.